The molecule has 166 valence electrons. The molecule has 1 heterocycles. The smallest absolute Gasteiger partial charge is 0.253 e. The summed E-state index contributed by atoms with van der Waals surface area (Å²) in [5.41, 5.74) is 3.57. The minimum absolute atomic E-state index is 0.0344. The predicted molar refractivity (Wildman–Crippen MR) is 126 cm³/mol. The zero-order valence-electron chi connectivity index (χ0n) is 18.6. The van der Waals surface area contributed by atoms with Crippen molar-refractivity contribution < 1.29 is 4.79 Å². The van der Waals surface area contributed by atoms with Crippen LogP contribution in [-0.4, -0.2) is 25.5 Å². The van der Waals surface area contributed by atoms with Crippen molar-refractivity contribution in [3.8, 4) is 0 Å². The van der Waals surface area contributed by atoms with Crippen LogP contribution in [-0.2, 0) is 4.79 Å². The highest BCUT2D eigenvalue weighted by Gasteiger charge is 2.29. The van der Waals surface area contributed by atoms with Crippen LogP contribution in [0.3, 0.4) is 0 Å². The number of hydrogen-bond acceptors (Lipinski definition) is 5. The Bertz CT molecular complexity index is 987. The van der Waals surface area contributed by atoms with E-state index in [0.717, 1.165) is 68.4 Å². The maximum atomic E-state index is 12.7. The van der Waals surface area contributed by atoms with Gasteiger partial charge in [-0.25, -0.2) is 0 Å². The number of aryl methyl sites for hydroxylation is 2. The highest BCUT2D eigenvalue weighted by Crippen LogP contribution is 2.31. The molecule has 0 aromatic heterocycles. The molecule has 1 saturated heterocycles. The van der Waals surface area contributed by atoms with Crippen molar-refractivity contribution in [2.45, 2.75) is 58.8 Å². The Morgan fingerprint density at radius 1 is 0.935 bits per heavy atom. The zero-order valence-corrected chi connectivity index (χ0v) is 18.6. The quantitative estimate of drug-likeness (QED) is 0.692. The molecule has 2 aromatic rings. The van der Waals surface area contributed by atoms with E-state index in [4.69, 9.17) is 0 Å². The van der Waals surface area contributed by atoms with Gasteiger partial charge in [0.2, 0.25) is 5.91 Å². The Labute approximate surface area is 183 Å². The standard InChI is InChI=1S/C25H33N3O3/c1-16-12-17(2)14-20(13-16)27-25(31)19-8-6-18(7-9-19)15-26-21-22(24(30)23(21)29)28-10-4-3-5-11-28/h12-14,18-19,26H,3-11,15H2,1-2H3,(H,27,31). The molecule has 1 saturated carbocycles. The highest BCUT2D eigenvalue weighted by atomic mass is 16.2. The average Bonchev–Trinajstić information content (AvgIpc) is 2.76. The number of nitrogens with one attached hydrogen (secondary N) is 2. The van der Waals surface area contributed by atoms with Gasteiger partial charge in [0.15, 0.2) is 0 Å². The minimum Gasteiger partial charge on any atom is -0.380 e. The molecule has 6 heteroatoms. The second kappa shape index (κ2) is 9.25. The van der Waals surface area contributed by atoms with E-state index >= 15 is 0 Å². The molecule has 2 fully saturated rings. The second-order valence-corrected chi connectivity index (χ2v) is 9.39. The molecule has 4 rings (SSSR count). The van der Waals surface area contributed by atoms with Crippen LogP contribution in [0.5, 0.6) is 0 Å². The molecule has 2 aliphatic rings. The number of nitrogens with zero attached hydrogens (tertiary/aromatic N) is 1. The van der Waals surface area contributed by atoms with Crippen molar-refractivity contribution in [1.82, 2.24) is 0 Å². The lowest BCUT2D eigenvalue weighted by Gasteiger charge is -2.32. The lowest BCUT2D eigenvalue weighted by molar-refractivity contribution is -0.121. The Balaban J connectivity index is 1.27. The zero-order chi connectivity index (χ0) is 22.0. The van der Waals surface area contributed by atoms with Crippen molar-refractivity contribution >= 4 is 23.0 Å². The first-order valence-electron chi connectivity index (χ1n) is 11.6. The first-order valence-corrected chi connectivity index (χ1v) is 11.6. The molecule has 0 bridgehead atoms. The van der Waals surface area contributed by atoms with Crippen LogP contribution >= 0.6 is 0 Å². The molecule has 2 aromatic carbocycles. The Morgan fingerprint density at radius 3 is 2.23 bits per heavy atom. The number of rotatable bonds is 6. The summed E-state index contributed by atoms with van der Waals surface area (Å²) in [6, 6.07) is 6.11. The van der Waals surface area contributed by atoms with Crippen LogP contribution in [0.4, 0.5) is 17.1 Å². The molecule has 1 aliphatic heterocycles. The Kier molecular flexibility index (Phi) is 6.44. The molecule has 0 spiro atoms. The topological polar surface area (TPSA) is 78.5 Å². The molecule has 2 N–H and O–H groups in total. The van der Waals surface area contributed by atoms with Crippen molar-refractivity contribution in [3.05, 3.63) is 49.8 Å². The molecular formula is C25H33N3O3. The summed E-state index contributed by atoms with van der Waals surface area (Å²) < 4.78 is 0. The summed E-state index contributed by atoms with van der Waals surface area (Å²) in [6.45, 7) is 6.48. The van der Waals surface area contributed by atoms with Crippen molar-refractivity contribution in [3.63, 3.8) is 0 Å². The van der Waals surface area contributed by atoms with Crippen LogP contribution in [0.1, 0.15) is 56.1 Å². The van der Waals surface area contributed by atoms with Gasteiger partial charge in [-0.1, -0.05) is 6.07 Å². The van der Waals surface area contributed by atoms with E-state index in [1.807, 2.05) is 26.0 Å². The summed E-state index contributed by atoms with van der Waals surface area (Å²) in [7, 11) is 0. The first kappa shape index (κ1) is 21.6. The number of carbonyl (C=O) groups excluding carboxylic acids is 1. The summed E-state index contributed by atoms with van der Waals surface area (Å²) in [5, 5.41) is 6.36. The molecular weight excluding hydrogens is 390 g/mol. The van der Waals surface area contributed by atoms with Gasteiger partial charge in [0.1, 0.15) is 11.4 Å². The summed E-state index contributed by atoms with van der Waals surface area (Å²) in [5.74, 6) is 0.558. The van der Waals surface area contributed by atoms with Gasteiger partial charge in [-0.2, -0.15) is 0 Å². The minimum atomic E-state index is -0.373. The summed E-state index contributed by atoms with van der Waals surface area (Å²) in [4.78, 5) is 39.0. The van der Waals surface area contributed by atoms with Crippen molar-refractivity contribution in [2.75, 3.05) is 35.2 Å². The monoisotopic (exact) mass is 423 g/mol. The van der Waals surface area contributed by atoms with Gasteiger partial charge in [0, 0.05) is 31.2 Å². The largest absolute Gasteiger partial charge is 0.380 e. The lowest BCUT2D eigenvalue weighted by Crippen LogP contribution is -2.45. The van der Waals surface area contributed by atoms with E-state index < -0.39 is 0 Å². The van der Waals surface area contributed by atoms with Gasteiger partial charge in [-0.3, -0.25) is 14.4 Å². The van der Waals surface area contributed by atoms with Crippen LogP contribution in [0.25, 0.3) is 0 Å². The molecule has 0 radical (unpaired) electrons. The summed E-state index contributed by atoms with van der Waals surface area (Å²) in [6.07, 6.45) is 6.95. The van der Waals surface area contributed by atoms with Crippen LogP contribution in [0.2, 0.25) is 0 Å². The molecule has 6 nitrogen and oxygen atoms in total. The Hall–Kier alpha value is -2.63. The number of carbonyl (C=O) groups is 1. The number of amides is 1. The second-order valence-electron chi connectivity index (χ2n) is 9.39. The molecule has 1 amide bonds. The van der Waals surface area contributed by atoms with Crippen LogP contribution < -0.4 is 26.4 Å². The van der Waals surface area contributed by atoms with Gasteiger partial charge in [-0.15, -0.1) is 0 Å². The van der Waals surface area contributed by atoms with Crippen LogP contribution in [0.15, 0.2) is 27.8 Å². The number of hydrogen-bond donors (Lipinski definition) is 2. The number of anilines is 3. The fraction of sp³-hybridized carbons (Fsp3) is 0.560. The maximum absolute atomic E-state index is 12.7. The third-order valence-corrected chi connectivity index (χ3v) is 6.83. The molecule has 0 atom stereocenters. The Morgan fingerprint density at radius 2 is 1.58 bits per heavy atom. The lowest BCUT2D eigenvalue weighted by atomic mass is 9.81. The average molecular weight is 424 g/mol. The van der Waals surface area contributed by atoms with E-state index in [1.54, 1.807) is 0 Å². The van der Waals surface area contributed by atoms with Gasteiger partial charge in [0.25, 0.3) is 10.9 Å². The van der Waals surface area contributed by atoms with E-state index in [1.165, 1.54) is 6.42 Å². The third-order valence-electron chi connectivity index (χ3n) is 6.83. The number of piperidine rings is 1. The molecule has 1 aliphatic carbocycles. The van der Waals surface area contributed by atoms with E-state index in [-0.39, 0.29) is 22.7 Å². The van der Waals surface area contributed by atoms with Gasteiger partial charge < -0.3 is 15.5 Å². The fourth-order valence-electron chi connectivity index (χ4n) is 5.13. The predicted octanol–water partition coefficient (Wildman–Crippen LogP) is 3.75. The van der Waals surface area contributed by atoms with Gasteiger partial charge in [0.05, 0.1) is 0 Å². The number of benzene rings is 1. The van der Waals surface area contributed by atoms with Crippen LogP contribution in [0, 0.1) is 25.7 Å². The van der Waals surface area contributed by atoms with E-state index in [2.05, 4.69) is 21.6 Å². The summed E-state index contributed by atoms with van der Waals surface area (Å²) >= 11 is 0. The molecule has 31 heavy (non-hydrogen) atoms. The van der Waals surface area contributed by atoms with E-state index in [0.29, 0.717) is 23.8 Å². The van der Waals surface area contributed by atoms with Crippen molar-refractivity contribution in [2.24, 2.45) is 11.8 Å². The normalized spacial score (nSPS) is 21.8. The van der Waals surface area contributed by atoms with E-state index in [9.17, 15) is 14.4 Å². The molecule has 0 unspecified atom stereocenters. The fourth-order valence-corrected chi connectivity index (χ4v) is 5.13. The SMILES string of the molecule is Cc1cc(C)cc(NC(=O)C2CCC(CNc3c(N4CCCCC4)c(=O)c3=O)CC2)c1. The first-order chi connectivity index (χ1) is 14.9. The van der Waals surface area contributed by atoms with Gasteiger partial charge in [-0.05, 0) is 88.0 Å². The van der Waals surface area contributed by atoms with Gasteiger partial charge >= 0.3 is 0 Å². The highest BCUT2D eigenvalue weighted by molar-refractivity contribution is 5.92. The van der Waals surface area contributed by atoms with Crippen molar-refractivity contribution in [1.29, 1.82) is 0 Å². The third kappa shape index (κ3) is 4.83. The maximum Gasteiger partial charge on any atom is 0.253 e.